The van der Waals surface area contributed by atoms with Gasteiger partial charge in [-0.25, -0.2) is 9.97 Å². The lowest BCUT2D eigenvalue weighted by atomic mass is 10.2. The number of benzene rings is 1. The average molecular weight is 357 g/mol. The highest BCUT2D eigenvalue weighted by molar-refractivity contribution is 6.30. The van der Waals surface area contributed by atoms with E-state index >= 15 is 0 Å². The number of nitrogens with zero attached hydrogens (tertiary/aromatic N) is 5. The van der Waals surface area contributed by atoms with Gasteiger partial charge in [0.1, 0.15) is 0 Å². The van der Waals surface area contributed by atoms with Crippen LogP contribution in [0.1, 0.15) is 5.56 Å². The van der Waals surface area contributed by atoms with Crippen LogP contribution >= 0.6 is 11.6 Å². The van der Waals surface area contributed by atoms with Crippen LogP contribution in [0.2, 0.25) is 5.02 Å². The molecule has 7 nitrogen and oxygen atoms in total. The Kier molecular flexibility index (Phi) is 4.33. The molecule has 0 unspecified atom stereocenters. The van der Waals surface area contributed by atoms with Crippen LogP contribution in [0.4, 0.5) is 17.5 Å². The van der Waals surface area contributed by atoms with Crippen molar-refractivity contribution in [3.05, 3.63) is 41.2 Å². The lowest BCUT2D eigenvalue weighted by Gasteiger charge is -2.27. The molecule has 25 heavy (non-hydrogen) atoms. The van der Waals surface area contributed by atoms with Crippen LogP contribution in [-0.4, -0.2) is 46.2 Å². The summed E-state index contributed by atoms with van der Waals surface area (Å²) >= 11 is 6.05. The zero-order valence-corrected chi connectivity index (χ0v) is 14.5. The summed E-state index contributed by atoms with van der Waals surface area (Å²) in [7, 11) is 0. The van der Waals surface area contributed by atoms with E-state index in [-0.39, 0.29) is 0 Å². The summed E-state index contributed by atoms with van der Waals surface area (Å²) in [4.78, 5) is 20.1. The maximum Gasteiger partial charge on any atom is 0.229 e. The second-order valence-corrected chi connectivity index (χ2v) is 6.22. The van der Waals surface area contributed by atoms with E-state index in [4.69, 9.17) is 21.3 Å². The fourth-order valence-electron chi connectivity index (χ4n) is 2.74. The Morgan fingerprint density at radius 1 is 1.12 bits per heavy atom. The highest BCUT2D eigenvalue weighted by Crippen LogP contribution is 2.27. The van der Waals surface area contributed by atoms with Gasteiger partial charge in [-0.15, -0.1) is 0 Å². The highest BCUT2D eigenvalue weighted by Gasteiger charge is 2.18. The zero-order valence-electron chi connectivity index (χ0n) is 13.7. The topological polar surface area (TPSA) is 76.1 Å². The molecular weight excluding hydrogens is 340 g/mol. The van der Waals surface area contributed by atoms with Crippen molar-refractivity contribution < 1.29 is 4.74 Å². The van der Waals surface area contributed by atoms with Gasteiger partial charge in [-0.2, -0.15) is 9.97 Å². The van der Waals surface area contributed by atoms with Crippen molar-refractivity contribution in [1.82, 2.24) is 19.9 Å². The number of aryl methyl sites for hydroxylation is 1. The van der Waals surface area contributed by atoms with Gasteiger partial charge in [-0.05, 0) is 30.7 Å². The van der Waals surface area contributed by atoms with Gasteiger partial charge < -0.3 is 15.0 Å². The molecule has 8 heteroatoms. The molecule has 0 bridgehead atoms. The monoisotopic (exact) mass is 356 g/mol. The van der Waals surface area contributed by atoms with Crippen LogP contribution in [0, 0.1) is 6.92 Å². The number of morpholine rings is 1. The summed E-state index contributed by atoms with van der Waals surface area (Å²) < 4.78 is 5.41. The molecule has 2 aromatic heterocycles. The summed E-state index contributed by atoms with van der Waals surface area (Å²) in [6.07, 6.45) is 3.27. The van der Waals surface area contributed by atoms with Gasteiger partial charge in [-0.1, -0.05) is 11.6 Å². The number of hydrogen-bond donors (Lipinski definition) is 1. The first-order valence-corrected chi connectivity index (χ1v) is 8.43. The van der Waals surface area contributed by atoms with Gasteiger partial charge in [0.2, 0.25) is 5.95 Å². The first kappa shape index (κ1) is 16.0. The molecule has 1 aliphatic rings. The van der Waals surface area contributed by atoms with E-state index < -0.39 is 0 Å². The minimum atomic E-state index is 0.563. The molecular formula is C17H17ClN6O. The minimum absolute atomic E-state index is 0.563. The quantitative estimate of drug-likeness (QED) is 0.773. The summed E-state index contributed by atoms with van der Waals surface area (Å²) in [6, 6.07) is 5.67. The number of fused-ring (bicyclic) bond motifs is 1. The lowest BCUT2D eigenvalue weighted by molar-refractivity contribution is 0.122. The Morgan fingerprint density at radius 3 is 2.72 bits per heavy atom. The number of aromatic nitrogens is 4. The van der Waals surface area contributed by atoms with Crippen molar-refractivity contribution in [3.63, 3.8) is 0 Å². The molecule has 0 aliphatic carbocycles. The number of nitrogens with one attached hydrogen (secondary N) is 1. The third-order valence-electron chi connectivity index (χ3n) is 4.06. The standard InChI is InChI=1S/C17H17ClN6O/c1-11-10-12(18)2-3-13(11)21-16-14-15(20-5-4-19-14)22-17(23-16)24-6-8-25-9-7-24/h2-5,10H,6-9H2,1H3,(H,20,21,22,23). The van der Waals surface area contributed by atoms with Crippen LogP contribution in [-0.2, 0) is 4.74 Å². The van der Waals surface area contributed by atoms with Gasteiger partial charge in [0.25, 0.3) is 0 Å². The van der Waals surface area contributed by atoms with Crippen LogP contribution < -0.4 is 10.2 Å². The third kappa shape index (κ3) is 3.33. The maximum atomic E-state index is 6.05. The van der Waals surface area contributed by atoms with Gasteiger partial charge in [0, 0.05) is 36.2 Å². The van der Waals surface area contributed by atoms with Gasteiger partial charge >= 0.3 is 0 Å². The average Bonchev–Trinajstić information content (AvgIpc) is 2.64. The predicted octanol–water partition coefficient (Wildman–Crippen LogP) is 2.96. The zero-order chi connectivity index (χ0) is 17.2. The predicted molar refractivity (Wildman–Crippen MR) is 97.6 cm³/mol. The van der Waals surface area contributed by atoms with E-state index in [1.54, 1.807) is 12.4 Å². The fourth-order valence-corrected chi connectivity index (χ4v) is 2.97. The second kappa shape index (κ2) is 6.78. The SMILES string of the molecule is Cc1cc(Cl)ccc1Nc1nc(N2CCOCC2)nc2nccnc12. The first-order chi connectivity index (χ1) is 12.2. The highest BCUT2D eigenvalue weighted by atomic mass is 35.5. The van der Waals surface area contributed by atoms with E-state index in [1.807, 2.05) is 25.1 Å². The summed E-state index contributed by atoms with van der Waals surface area (Å²) in [6.45, 7) is 4.84. The smallest absolute Gasteiger partial charge is 0.229 e. The van der Waals surface area contributed by atoms with Gasteiger partial charge in [0.05, 0.1) is 13.2 Å². The first-order valence-electron chi connectivity index (χ1n) is 8.05. The van der Waals surface area contributed by atoms with E-state index in [9.17, 15) is 0 Å². The molecule has 1 aliphatic heterocycles. The van der Waals surface area contributed by atoms with Crippen molar-refractivity contribution in [2.24, 2.45) is 0 Å². The Bertz CT molecular complexity index is 913. The van der Waals surface area contributed by atoms with Crippen molar-refractivity contribution >= 4 is 40.2 Å². The van der Waals surface area contributed by atoms with Gasteiger partial charge in [-0.3, -0.25) is 0 Å². The van der Waals surface area contributed by atoms with Crippen LogP contribution in [0.15, 0.2) is 30.6 Å². The largest absolute Gasteiger partial charge is 0.378 e. The Balaban J connectivity index is 1.77. The second-order valence-electron chi connectivity index (χ2n) is 5.78. The summed E-state index contributed by atoms with van der Waals surface area (Å²) in [5.74, 6) is 1.26. The molecule has 1 aromatic carbocycles. The van der Waals surface area contributed by atoms with E-state index in [2.05, 4.69) is 25.2 Å². The molecule has 128 valence electrons. The number of rotatable bonds is 3. The van der Waals surface area contributed by atoms with Crippen molar-refractivity contribution in [1.29, 1.82) is 0 Å². The molecule has 0 saturated carbocycles. The molecule has 3 aromatic rings. The Hall–Kier alpha value is -2.51. The molecule has 0 radical (unpaired) electrons. The number of hydrogen-bond acceptors (Lipinski definition) is 7. The Morgan fingerprint density at radius 2 is 1.92 bits per heavy atom. The Labute approximate surface area is 150 Å². The number of anilines is 3. The molecule has 1 N–H and O–H groups in total. The normalized spacial score (nSPS) is 14.7. The lowest BCUT2D eigenvalue weighted by Crippen LogP contribution is -2.37. The minimum Gasteiger partial charge on any atom is -0.378 e. The molecule has 3 heterocycles. The van der Waals surface area contributed by atoms with Crippen LogP contribution in [0.25, 0.3) is 11.2 Å². The summed E-state index contributed by atoms with van der Waals surface area (Å²) in [5, 5.41) is 4.05. The molecule has 4 rings (SSSR count). The van der Waals surface area contributed by atoms with Crippen molar-refractivity contribution in [3.8, 4) is 0 Å². The van der Waals surface area contributed by atoms with E-state index in [0.717, 1.165) is 24.3 Å². The number of ether oxygens (including phenoxy) is 1. The van der Waals surface area contributed by atoms with E-state index in [0.29, 0.717) is 41.2 Å². The van der Waals surface area contributed by atoms with E-state index in [1.165, 1.54) is 0 Å². The van der Waals surface area contributed by atoms with Crippen LogP contribution in [0.5, 0.6) is 0 Å². The van der Waals surface area contributed by atoms with Gasteiger partial charge in [0.15, 0.2) is 17.0 Å². The molecule has 0 spiro atoms. The molecule has 0 atom stereocenters. The van der Waals surface area contributed by atoms with Crippen LogP contribution in [0.3, 0.4) is 0 Å². The number of halogens is 1. The van der Waals surface area contributed by atoms with Crippen molar-refractivity contribution in [2.45, 2.75) is 6.92 Å². The maximum absolute atomic E-state index is 6.05. The molecule has 0 amide bonds. The third-order valence-corrected chi connectivity index (χ3v) is 4.29. The summed E-state index contributed by atoms with van der Waals surface area (Å²) in [5.41, 5.74) is 3.14. The molecule has 1 saturated heterocycles. The fraction of sp³-hybridized carbons (Fsp3) is 0.294. The molecule has 1 fully saturated rings. The van der Waals surface area contributed by atoms with Crippen molar-refractivity contribution in [2.75, 3.05) is 36.5 Å².